The van der Waals surface area contributed by atoms with Crippen LogP contribution in [0.25, 0.3) is 0 Å². The first kappa shape index (κ1) is 11.0. The van der Waals surface area contributed by atoms with E-state index in [0.29, 0.717) is 6.04 Å². The Kier molecular flexibility index (Phi) is 4.20. The normalized spacial score (nSPS) is 27.0. The highest BCUT2D eigenvalue weighted by Gasteiger charge is 2.24. The van der Waals surface area contributed by atoms with Crippen molar-refractivity contribution in [3.63, 3.8) is 0 Å². The van der Waals surface area contributed by atoms with E-state index in [1.54, 1.807) is 0 Å². The summed E-state index contributed by atoms with van der Waals surface area (Å²) in [6, 6.07) is 0.630. The Balaban J connectivity index is 2.25. The molecule has 2 atom stereocenters. The zero-order valence-corrected chi connectivity index (χ0v) is 9.51. The number of nitrogens with one attached hydrogen (secondary N) is 1. The summed E-state index contributed by atoms with van der Waals surface area (Å²) in [5.74, 6) is 1.79. The second-order valence-corrected chi connectivity index (χ2v) is 4.74. The Morgan fingerprint density at radius 3 is 2.54 bits per heavy atom. The molecule has 0 amide bonds. The van der Waals surface area contributed by atoms with Gasteiger partial charge < -0.3 is 10.2 Å². The van der Waals surface area contributed by atoms with Gasteiger partial charge in [0.1, 0.15) is 0 Å². The molecule has 0 radical (unpaired) electrons. The average Bonchev–Trinajstić information content (AvgIpc) is 2.52. The van der Waals surface area contributed by atoms with E-state index in [1.165, 1.54) is 26.1 Å². The second kappa shape index (κ2) is 4.97. The summed E-state index contributed by atoms with van der Waals surface area (Å²) in [7, 11) is 2.04. The van der Waals surface area contributed by atoms with Crippen LogP contribution in [0.15, 0.2) is 0 Å². The minimum Gasteiger partial charge on any atom is -0.316 e. The summed E-state index contributed by atoms with van der Waals surface area (Å²) >= 11 is 0. The Labute approximate surface area is 82.7 Å². The first-order valence-electron chi connectivity index (χ1n) is 5.53. The Morgan fingerprint density at radius 1 is 1.38 bits per heavy atom. The van der Waals surface area contributed by atoms with Crippen molar-refractivity contribution < 1.29 is 0 Å². The Hall–Kier alpha value is -0.0800. The molecule has 1 N–H and O–H groups in total. The molecule has 1 fully saturated rings. The smallest absolute Gasteiger partial charge is 0.0163 e. The minimum absolute atomic E-state index is 0.630. The third-order valence-corrected chi connectivity index (χ3v) is 3.28. The van der Waals surface area contributed by atoms with Gasteiger partial charge in [-0.1, -0.05) is 13.8 Å². The van der Waals surface area contributed by atoms with E-state index in [0.717, 1.165) is 11.8 Å². The van der Waals surface area contributed by atoms with Gasteiger partial charge in [-0.25, -0.2) is 0 Å². The molecule has 2 nitrogen and oxygen atoms in total. The summed E-state index contributed by atoms with van der Waals surface area (Å²) in [5, 5.41) is 3.29. The highest BCUT2D eigenvalue weighted by Crippen LogP contribution is 2.23. The Bertz CT molecular complexity index is 145. The van der Waals surface area contributed by atoms with Crippen LogP contribution in [0.1, 0.15) is 27.2 Å². The number of hydrogen-bond acceptors (Lipinski definition) is 2. The molecule has 1 rings (SSSR count). The zero-order chi connectivity index (χ0) is 9.84. The minimum atomic E-state index is 0.630. The maximum absolute atomic E-state index is 3.29. The van der Waals surface area contributed by atoms with Crippen molar-refractivity contribution in [3.05, 3.63) is 0 Å². The van der Waals surface area contributed by atoms with Gasteiger partial charge in [-0.2, -0.15) is 0 Å². The fourth-order valence-electron chi connectivity index (χ4n) is 2.05. The number of likely N-dealkylation sites (N-methyl/N-ethyl adjacent to an activating group) is 1. The van der Waals surface area contributed by atoms with Gasteiger partial charge in [0.15, 0.2) is 0 Å². The molecule has 0 spiro atoms. The zero-order valence-electron chi connectivity index (χ0n) is 9.51. The molecule has 0 aromatic carbocycles. The van der Waals surface area contributed by atoms with Crippen LogP contribution in [0.4, 0.5) is 0 Å². The summed E-state index contributed by atoms with van der Waals surface area (Å²) in [4.78, 5) is 2.59. The van der Waals surface area contributed by atoms with Crippen LogP contribution in [0.3, 0.4) is 0 Å². The van der Waals surface area contributed by atoms with Crippen LogP contribution >= 0.6 is 0 Å². The fourth-order valence-corrected chi connectivity index (χ4v) is 2.05. The van der Waals surface area contributed by atoms with Gasteiger partial charge in [0.05, 0.1) is 0 Å². The van der Waals surface area contributed by atoms with Crippen molar-refractivity contribution >= 4 is 0 Å². The van der Waals surface area contributed by atoms with Gasteiger partial charge in [-0.05, 0) is 38.8 Å². The van der Waals surface area contributed by atoms with Crippen LogP contribution in [0, 0.1) is 11.8 Å². The van der Waals surface area contributed by atoms with Gasteiger partial charge in [0.25, 0.3) is 0 Å². The predicted molar refractivity (Wildman–Crippen MR) is 57.9 cm³/mol. The molecule has 78 valence electrons. The molecule has 2 heteroatoms. The van der Waals surface area contributed by atoms with Crippen molar-refractivity contribution in [2.24, 2.45) is 11.8 Å². The van der Waals surface area contributed by atoms with Crippen molar-refractivity contribution in [3.8, 4) is 0 Å². The number of likely N-dealkylation sites (tertiary alicyclic amines) is 1. The maximum Gasteiger partial charge on any atom is 0.0163 e. The summed E-state index contributed by atoms with van der Waals surface area (Å²) < 4.78 is 0. The molecule has 1 saturated heterocycles. The molecule has 0 saturated carbocycles. The number of nitrogens with zero attached hydrogens (tertiary/aromatic N) is 1. The molecule has 0 aromatic rings. The van der Waals surface area contributed by atoms with Crippen LogP contribution in [-0.4, -0.2) is 37.6 Å². The third-order valence-electron chi connectivity index (χ3n) is 3.28. The predicted octanol–water partition coefficient (Wildman–Crippen LogP) is 1.57. The molecule has 1 aliphatic heterocycles. The topological polar surface area (TPSA) is 15.3 Å². The van der Waals surface area contributed by atoms with Gasteiger partial charge in [0.2, 0.25) is 0 Å². The van der Waals surface area contributed by atoms with E-state index in [2.05, 4.69) is 31.0 Å². The van der Waals surface area contributed by atoms with Gasteiger partial charge in [-0.3, -0.25) is 0 Å². The van der Waals surface area contributed by atoms with Gasteiger partial charge >= 0.3 is 0 Å². The standard InChI is InChI=1S/C11H24N2/c1-9(2)11-5-6-13(8-11)7-10(3)12-4/h9-12H,5-8H2,1-4H3. The molecule has 1 aliphatic rings. The van der Waals surface area contributed by atoms with Crippen molar-refractivity contribution in [2.75, 3.05) is 26.7 Å². The summed E-state index contributed by atoms with van der Waals surface area (Å²) in [6.45, 7) is 10.8. The van der Waals surface area contributed by atoms with Crippen LogP contribution in [0.2, 0.25) is 0 Å². The molecular weight excluding hydrogens is 160 g/mol. The fraction of sp³-hybridized carbons (Fsp3) is 1.00. The molecule has 2 unspecified atom stereocenters. The highest BCUT2D eigenvalue weighted by molar-refractivity contribution is 4.79. The lowest BCUT2D eigenvalue weighted by Gasteiger charge is -2.21. The van der Waals surface area contributed by atoms with Crippen LogP contribution < -0.4 is 5.32 Å². The first-order chi connectivity index (χ1) is 6.13. The largest absolute Gasteiger partial charge is 0.316 e. The maximum atomic E-state index is 3.29. The van der Waals surface area contributed by atoms with Crippen molar-refractivity contribution in [1.29, 1.82) is 0 Å². The molecule has 0 aromatic heterocycles. The number of hydrogen-bond donors (Lipinski definition) is 1. The monoisotopic (exact) mass is 184 g/mol. The molecular formula is C11H24N2. The first-order valence-corrected chi connectivity index (χ1v) is 5.53. The van der Waals surface area contributed by atoms with E-state index >= 15 is 0 Å². The quantitative estimate of drug-likeness (QED) is 0.713. The lowest BCUT2D eigenvalue weighted by atomic mass is 9.95. The van der Waals surface area contributed by atoms with E-state index in [1.807, 2.05) is 7.05 Å². The van der Waals surface area contributed by atoms with Crippen molar-refractivity contribution in [1.82, 2.24) is 10.2 Å². The van der Waals surface area contributed by atoms with E-state index in [-0.39, 0.29) is 0 Å². The van der Waals surface area contributed by atoms with Crippen LogP contribution in [-0.2, 0) is 0 Å². The lowest BCUT2D eigenvalue weighted by Crippen LogP contribution is -2.36. The van der Waals surface area contributed by atoms with Crippen molar-refractivity contribution in [2.45, 2.75) is 33.2 Å². The van der Waals surface area contributed by atoms with Gasteiger partial charge in [0, 0.05) is 19.1 Å². The lowest BCUT2D eigenvalue weighted by molar-refractivity contribution is 0.280. The SMILES string of the molecule is CNC(C)CN1CCC(C(C)C)C1. The summed E-state index contributed by atoms with van der Waals surface area (Å²) in [6.07, 6.45) is 1.40. The van der Waals surface area contributed by atoms with E-state index in [9.17, 15) is 0 Å². The van der Waals surface area contributed by atoms with E-state index < -0.39 is 0 Å². The number of rotatable bonds is 4. The van der Waals surface area contributed by atoms with Gasteiger partial charge in [-0.15, -0.1) is 0 Å². The summed E-state index contributed by atoms with van der Waals surface area (Å²) in [5.41, 5.74) is 0. The molecule has 13 heavy (non-hydrogen) atoms. The average molecular weight is 184 g/mol. The second-order valence-electron chi connectivity index (χ2n) is 4.74. The van der Waals surface area contributed by atoms with Crippen LogP contribution in [0.5, 0.6) is 0 Å². The molecule has 1 heterocycles. The molecule has 0 aliphatic carbocycles. The Morgan fingerprint density at radius 2 is 2.08 bits per heavy atom. The third kappa shape index (κ3) is 3.28. The van der Waals surface area contributed by atoms with E-state index in [4.69, 9.17) is 0 Å². The highest BCUT2D eigenvalue weighted by atomic mass is 15.2. The molecule has 0 bridgehead atoms.